The maximum atomic E-state index is 12.5. The summed E-state index contributed by atoms with van der Waals surface area (Å²) in [6.07, 6.45) is 13.0. The van der Waals surface area contributed by atoms with E-state index in [4.69, 9.17) is 5.11 Å². The van der Waals surface area contributed by atoms with Crippen molar-refractivity contribution in [1.82, 2.24) is 0 Å². The first kappa shape index (κ1) is 23.2. The lowest BCUT2D eigenvalue weighted by atomic mass is 9.72. The Morgan fingerprint density at radius 2 is 1.93 bits per heavy atom. The number of Topliss-reactive ketones (excluding diaryl/α,β-unsaturated/α-hetero) is 3. The lowest BCUT2D eigenvalue weighted by Crippen LogP contribution is -2.39. The van der Waals surface area contributed by atoms with Crippen molar-refractivity contribution in [3.63, 3.8) is 0 Å². The highest BCUT2D eigenvalue weighted by Crippen LogP contribution is 2.53. The number of fused-ring (bicyclic) bond motifs is 2. The maximum Gasteiger partial charge on any atom is 0.303 e. The average Bonchev–Trinajstić information content (AvgIpc) is 3.03. The Kier molecular flexibility index (Phi) is 8.50. The fourth-order valence-electron chi connectivity index (χ4n) is 4.51. The lowest BCUT2D eigenvalue weighted by molar-refractivity contribution is -0.149. The minimum absolute atomic E-state index is 0.103. The number of unbranched alkanes of at least 4 members (excludes halogenated alkanes) is 3. The highest BCUT2D eigenvalue weighted by Gasteiger charge is 2.57. The van der Waals surface area contributed by atoms with E-state index in [-0.39, 0.29) is 6.42 Å². The van der Waals surface area contributed by atoms with Crippen LogP contribution in [-0.4, -0.2) is 39.6 Å². The summed E-state index contributed by atoms with van der Waals surface area (Å²) in [6, 6.07) is 0. The molecule has 0 heterocycles. The monoisotopic (exact) mass is 404 g/mol. The van der Waals surface area contributed by atoms with Crippen molar-refractivity contribution < 1.29 is 29.4 Å². The highest BCUT2D eigenvalue weighted by atomic mass is 16.4. The zero-order chi connectivity index (χ0) is 21.4. The second-order valence-corrected chi connectivity index (χ2v) is 8.36. The molecule has 4 atom stereocenters. The van der Waals surface area contributed by atoms with Crippen LogP contribution in [0.3, 0.4) is 0 Å². The normalized spacial score (nSPS) is 28.0. The van der Waals surface area contributed by atoms with Crippen LogP contribution in [0.15, 0.2) is 24.3 Å². The van der Waals surface area contributed by atoms with E-state index < -0.39 is 46.7 Å². The molecule has 6 nitrogen and oxygen atoms in total. The SMILES string of the molecule is CCCCCC(O)C=CC1(CC=CCCCC(=O)O)CC2CC1C(=O)C(=O)C2=O. The van der Waals surface area contributed by atoms with Crippen LogP contribution in [0, 0.1) is 17.3 Å². The van der Waals surface area contributed by atoms with E-state index in [0.717, 1.165) is 19.3 Å². The molecule has 0 saturated heterocycles. The molecule has 0 aromatic carbocycles. The van der Waals surface area contributed by atoms with Crippen molar-refractivity contribution in [2.45, 2.75) is 77.2 Å². The number of carbonyl (C=O) groups excluding carboxylic acids is 3. The highest BCUT2D eigenvalue weighted by molar-refractivity contribution is 6.65. The molecule has 2 fully saturated rings. The van der Waals surface area contributed by atoms with Gasteiger partial charge < -0.3 is 10.2 Å². The Morgan fingerprint density at radius 1 is 1.17 bits per heavy atom. The molecule has 0 amide bonds. The smallest absolute Gasteiger partial charge is 0.303 e. The van der Waals surface area contributed by atoms with Gasteiger partial charge in [0.05, 0.1) is 6.10 Å². The van der Waals surface area contributed by atoms with Gasteiger partial charge in [0.15, 0.2) is 0 Å². The van der Waals surface area contributed by atoms with Crippen molar-refractivity contribution in [1.29, 1.82) is 0 Å². The van der Waals surface area contributed by atoms with Gasteiger partial charge in [-0.25, -0.2) is 0 Å². The topological polar surface area (TPSA) is 109 Å². The molecule has 2 N–H and O–H groups in total. The number of carbonyl (C=O) groups is 4. The summed E-state index contributed by atoms with van der Waals surface area (Å²) in [6.45, 7) is 2.10. The van der Waals surface area contributed by atoms with E-state index in [9.17, 15) is 24.3 Å². The molecule has 2 rings (SSSR count). The molecule has 2 aliphatic rings. The predicted molar refractivity (Wildman–Crippen MR) is 108 cm³/mol. The third kappa shape index (κ3) is 5.95. The Labute approximate surface area is 172 Å². The number of allylic oxidation sites excluding steroid dienone is 3. The number of hydrogen-bond acceptors (Lipinski definition) is 5. The summed E-state index contributed by atoms with van der Waals surface area (Å²) >= 11 is 0. The summed E-state index contributed by atoms with van der Waals surface area (Å²) in [5.41, 5.74) is -0.640. The molecule has 2 saturated carbocycles. The van der Waals surface area contributed by atoms with Gasteiger partial charge in [0, 0.05) is 23.7 Å². The van der Waals surface area contributed by atoms with E-state index in [1.807, 2.05) is 18.2 Å². The number of ketones is 3. The minimum atomic E-state index is -0.879. The Morgan fingerprint density at radius 3 is 2.62 bits per heavy atom. The average molecular weight is 405 g/mol. The fraction of sp³-hybridized carbons (Fsp3) is 0.652. The number of hydrogen-bond donors (Lipinski definition) is 2. The first-order valence-corrected chi connectivity index (χ1v) is 10.7. The number of carboxylic acid groups (broad SMARTS) is 1. The van der Waals surface area contributed by atoms with Crippen LogP contribution >= 0.6 is 0 Å². The maximum absolute atomic E-state index is 12.5. The van der Waals surface area contributed by atoms with Crippen LogP contribution in [-0.2, 0) is 19.2 Å². The van der Waals surface area contributed by atoms with Crippen LogP contribution in [0.2, 0.25) is 0 Å². The molecule has 2 bridgehead atoms. The van der Waals surface area contributed by atoms with Crippen molar-refractivity contribution in [2.75, 3.05) is 0 Å². The summed E-state index contributed by atoms with van der Waals surface area (Å²) < 4.78 is 0. The van der Waals surface area contributed by atoms with Gasteiger partial charge in [-0.15, -0.1) is 0 Å². The largest absolute Gasteiger partial charge is 0.481 e. The van der Waals surface area contributed by atoms with Crippen LogP contribution in [0.1, 0.15) is 71.1 Å². The van der Waals surface area contributed by atoms with Gasteiger partial charge in [-0.2, -0.15) is 0 Å². The summed E-state index contributed by atoms with van der Waals surface area (Å²) in [5.74, 6) is -3.84. The molecule has 2 aliphatic carbocycles. The van der Waals surface area contributed by atoms with E-state index in [2.05, 4.69) is 6.92 Å². The van der Waals surface area contributed by atoms with Crippen molar-refractivity contribution in [2.24, 2.45) is 17.3 Å². The van der Waals surface area contributed by atoms with Crippen molar-refractivity contribution >= 4 is 23.3 Å². The molecule has 6 heteroatoms. The standard InChI is InChI=1S/C23H32O6/c1-2-3-6-9-17(24)11-13-23(12-8-5-4-7-10-19(25)26)15-16-14-18(23)21(28)22(29)20(16)27/h5,8,11,13,16-18,24H,2-4,6-7,9-10,12,14-15H2,1H3,(H,25,26). The third-order valence-corrected chi connectivity index (χ3v) is 6.16. The Bertz CT molecular complexity index is 691. The number of aliphatic hydroxyl groups is 1. The number of carboxylic acids is 1. The molecule has 29 heavy (non-hydrogen) atoms. The van der Waals surface area contributed by atoms with Crippen LogP contribution in [0.5, 0.6) is 0 Å². The van der Waals surface area contributed by atoms with Gasteiger partial charge >= 0.3 is 5.97 Å². The molecule has 0 radical (unpaired) electrons. The van der Waals surface area contributed by atoms with E-state index in [0.29, 0.717) is 38.5 Å². The number of rotatable bonds is 12. The number of aliphatic hydroxyl groups excluding tert-OH is 1. The van der Waals surface area contributed by atoms with Gasteiger partial charge in [0.2, 0.25) is 11.6 Å². The van der Waals surface area contributed by atoms with E-state index in [1.165, 1.54) is 0 Å². The van der Waals surface area contributed by atoms with Crippen LogP contribution < -0.4 is 0 Å². The van der Waals surface area contributed by atoms with E-state index >= 15 is 0 Å². The van der Waals surface area contributed by atoms with Crippen molar-refractivity contribution in [3.05, 3.63) is 24.3 Å². The zero-order valence-electron chi connectivity index (χ0n) is 17.1. The van der Waals surface area contributed by atoms with Crippen LogP contribution in [0.4, 0.5) is 0 Å². The second-order valence-electron chi connectivity index (χ2n) is 8.36. The molecule has 0 aromatic rings. The van der Waals surface area contributed by atoms with Crippen LogP contribution in [0.25, 0.3) is 0 Å². The first-order chi connectivity index (χ1) is 13.8. The molecule has 4 unspecified atom stereocenters. The molecule has 160 valence electrons. The fourth-order valence-corrected chi connectivity index (χ4v) is 4.51. The van der Waals surface area contributed by atoms with Gasteiger partial charge in [-0.3, -0.25) is 19.2 Å². The minimum Gasteiger partial charge on any atom is -0.481 e. The summed E-state index contributed by atoms with van der Waals surface area (Å²) in [4.78, 5) is 47.3. The first-order valence-electron chi connectivity index (χ1n) is 10.7. The predicted octanol–water partition coefficient (Wildman–Crippen LogP) is 3.42. The van der Waals surface area contributed by atoms with Gasteiger partial charge in [-0.1, -0.05) is 50.5 Å². The van der Waals surface area contributed by atoms with Gasteiger partial charge in [0.25, 0.3) is 5.78 Å². The molecular weight excluding hydrogens is 372 g/mol. The van der Waals surface area contributed by atoms with Gasteiger partial charge in [-0.05, 0) is 38.5 Å². The summed E-state index contributed by atoms with van der Waals surface area (Å²) in [5, 5.41) is 19.0. The Balaban J connectivity index is 2.12. The van der Waals surface area contributed by atoms with Crippen molar-refractivity contribution in [3.8, 4) is 0 Å². The quantitative estimate of drug-likeness (QED) is 0.293. The zero-order valence-corrected chi connectivity index (χ0v) is 17.1. The number of aliphatic carboxylic acids is 1. The molecule has 0 aliphatic heterocycles. The molecular formula is C23H32O6. The molecule has 0 aromatic heterocycles. The lowest BCUT2D eigenvalue weighted by Gasteiger charge is -2.30. The Hall–Kier alpha value is -2.08. The summed E-state index contributed by atoms with van der Waals surface area (Å²) in [7, 11) is 0. The molecule has 0 spiro atoms. The van der Waals surface area contributed by atoms with Gasteiger partial charge in [0.1, 0.15) is 0 Å². The third-order valence-electron chi connectivity index (χ3n) is 6.16. The van der Waals surface area contributed by atoms with E-state index in [1.54, 1.807) is 6.08 Å². The second kappa shape index (κ2) is 10.6.